The normalized spacial score (nSPS) is 16.0. The zero-order valence-electron chi connectivity index (χ0n) is 14.9. The molecule has 0 aliphatic carbocycles. The lowest BCUT2D eigenvalue weighted by Gasteiger charge is -2.30. The Morgan fingerprint density at radius 2 is 1.88 bits per heavy atom. The van der Waals surface area contributed by atoms with Crippen molar-refractivity contribution in [2.45, 2.75) is 36.6 Å². The van der Waals surface area contributed by atoms with Crippen LogP contribution in [0.2, 0.25) is 0 Å². The molecule has 1 aromatic heterocycles. The standard InChI is InChI=1S/C21H23N3OS/c1-15-10-11-17-18(14-15)23-21(22-17)26-19(16-8-4-2-5-9-16)20(25)24-12-6-3-7-13-24/h2,4-5,8-11,14,19H,3,6-7,12-13H2,1H3,(H,22,23)/t19-/m1/s1. The monoisotopic (exact) mass is 365 g/mol. The largest absolute Gasteiger partial charge is 0.341 e. The smallest absolute Gasteiger partial charge is 0.240 e. The quantitative estimate of drug-likeness (QED) is 0.681. The van der Waals surface area contributed by atoms with Crippen LogP contribution in [0.4, 0.5) is 0 Å². The summed E-state index contributed by atoms with van der Waals surface area (Å²) in [4.78, 5) is 23.3. The second-order valence-corrected chi connectivity index (χ2v) is 7.95. The van der Waals surface area contributed by atoms with E-state index in [1.54, 1.807) is 0 Å². The summed E-state index contributed by atoms with van der Waals surface area (Å²) in [5.74, 6) is 0.192. The SMILES string of the molecule is Cc1ccc2nc(S[C@@H](C(=O)N3CCCCC3)c3ccccc3)[nH]c2c1. The van der Waals surface area contributed by atoms with Gasteiger partial charge in [-0.2, -0.15) is 0 Å². The summed E-state index contributed by atoms with van der Waals surface area (Å²) >= 11 is 1.52. The number of amides is 1. The fourth-order valence-electron chi connectivity index (χ4n) is 3.44. The first-order chi connectivity index (χ1) is 12.7. The van der Waals surface area contributed by atoms with Crippen molar-refractivity contribution in [1.29, 1.82) is 0 Å². The summed E-state index contributed by atoms with van der Waals surface area (Å²) < 4.78 is 0. The van der Waals surface area contributed by atoms with Crippen LogP contribution in [0.25, 0.3) is 11.0 Å². The highest BCUT2D eigenvalue weighted by Gasteiger charge is 2.28. The molecule has 1 aliphatic heterocycles. The van der Waals surface area contributed by atoms with Gasteiger partial charge in [-0.3, -0.25) is 4.79 Å². The predicted molar refractivity (Wildman–Crippen MR) is 106 cm³/mol. The van der Waals surface area contributed by atoms with Crippen LogP contribution in [0.1, 0.15) is 35.6 Å². The summed E-state index contributed by atoms with van der Waals surface area (Å²) in [7, 11) is 0. The number of carbonyl (C=O) groups excluding carboxylic acids is 1. The molecule has 0 unspecified atom stereocenters. The highest BCUT2D eigenvalue weighted by atomic mass is 32.2. The van der Waals surface area contributed by atoms with Gasteiger partial charge >= 0.3 is 0 Å². The van der Waals surface area contributed by atoms with E-state index in [4.69, 9.17) is 0 Å². The Balaban J connectivity index is 1.64. The van der Waals surface area contributed by atoms with E-state index >= 15 is 0 Å². The Morgan fingerprint density at radius 1 is 1.12 bits per heavy atom. The molecule has 5 heteroatoms. The Morgan fingerprint density at radius 3 is 2.65 bits per heavy atom. The second kappa shape index (κ2) is 7.54. The van der Waals surface area contributed by atoms with Gasteiger partial charge < -0.3 is 9.88 Å². The molecular weight excluding hydrogens is 342 g/mol. The minimum absolute atomic E-state index is 0.192. The number of piperidine rings is 1. The van der Waals surface area contributed by atoms with Gasteiger partial charge in [0, 0.05) is 13.1 Å². The van der Waals surface area contributed by atoms with Gasteiger partial charge in [0.25, 0.3) is 0 Å². The molecule has 134 valence electrons. The van der Waals surface area contributed by atoms with E-state index in [0.29, 0.717) is 0 Å². The first-order valence-electron chi connectivity index (χ1n) is 9.17. The number of aryl methyl sites for hydroxylation is 1. The number of rotatable bonds is 4. The Labute approximate surface area is 158 Å². The van der Waals surface area contributed by atoms with Crippen LogP contribution in [0.15, 0.2) is 53.7 Å². The molecule has 1 N–H and O–H groups in total. The van der Waals surface area contributed by atoms with Crippen molar-refractivity contribution in [3.63, 3.8) is 0 Å². The Kier molecular flexibility index (Phi) is 4.98. The molecule has 1 atom stereocenters. The summed E-state index contributed by atoms with van der Waals surface area (Å²) in [5, 5.41) is 0.528. The van der Waals surface area contributed by atoms with Crippen LogP contribution in [-0.2, 0) is 4.79 Å². The molecule has 0 radical (unpaired) electrons. The fraction of sp³-hybridized carbons (Fsp3) is 0.333. The van der Waals surface area contributed by atoms with Crippen molar-refractivity contribution in [1.82, 2.24) is 14.9 Å². The third-order valence-corrected chi connectivity index (χ3v) is 5.97. The molecule has 2 aromatic carbocycles. The highest BCUT2D eigenvalue weighted by Crippen LogP contribution is 2.36. The van der Waals surface area contributed by atoms with Crippen LogP contribution in [0.5, 0.6) is 0 Å². The van der Waals surface area contributed by atoms with Crippen molar-refractivity contribution in [2.24, 2.45) is 0 Å². The van der Waals surface area contributed by atoms with E-state index in [2.05, 4.69) is 29.0 Å². The molecule has 0 spiro atoms. The maximum Gasteiger partial charge on any atom is 0.240 e. The van der Waals surface area contributed by atoms with Gasteiger partial charge in [-0.15, -0.1) is 0 Å². The molecule has 2 heterocycles. The van der Waals surface area contributed by atoms with Crippen molar-refractivity contribution in [3.8, 4) is 0 Å². The van der Waals surface area contributed by atoms with Crippen molar-refractivity contribution in [2.75, 3.05) is 13.1 Å². The number of hydrogen-bond donors (Lipinski definition) is 1. The number of aromatic amines is 1. The predicted octanol–water partition coefficient (Wildman–Crippen LogP) is 4.72. The van der Waals surface area contributed by atoms with E-state index in [1.165, 1.54) is 23.7 Å². The number of nitrogens with zero attached hydrogens (tertiary/aromatic N) is 2. The van der Waals surface area contributed by atoms with Crippen molar-refractivity contribution >= 4 is 28.7 Å². The molecule has 3 aromatic rings. The van der Waals surface area contributed by atoms with Crippen LogP contribution in [0.3, 0.4) is 0 Å². The minimum Gasteiger partial charge on any atom is -0.341 e. The van der Waals surface area contributed by atoms with Gasteiger partial charge in [0.1, 0.15) is 5.25 Å². The van der Waals surface area contributed by atoms with E-state index in [-0.39, 0.29) is 11.2 Å². The molecule has 1 aliphatic rings. The number of nitrogens with one attached hydrogen (secondary N) is 1. The lowest BCUT2D eigenvalue weighted by Crippen LogP contribution is -2.38. The van der Waals surface area contributed by atoms with Gasteiger partial charge in [0.2, 0.25) is 5.91 Å². The average Bonchev–Trinajstić information content (AvgIpc) is 3.08. The molecule has 0 bridgehead atoms. The Bertz CT molecular complexity index is 900. The number of fused-ring (bicyclic) bond motifs is 1. The molecule has 1 amide bonds. The van der Waals surface area contributed by atoms with Crippen molar-refractivity contribution < 1.29 is 4.79 Å². The number of imidazole rings is 1. The third-order valence-electron chi connectivity index (χ3n) is 4.84. The number of H-pyrrole nitrogens is 1. The molecule has 1 saturated heterocycles. The third kappa shape index (κ3) is 3.63. The fourth-order valence-corrected chi connectivity index (χ4v) is 4.52. The zero-order chi connectivity index (χ0) is 17.9. The highest BCUT2D eigenvalue weighted by molar-refractivity contribution is 8.00. The molecule has 4 rings (SSSR count). The van der Waals surface area contributed by atoms with E-state index < -0.39 is 0 Å². The number of likely N-dealkylation sites (tertiary alicyclic amines) is 1. The number of benzene rings is 2. The maximum absolute atomic E-state index is 13.2. The lowest BCUT2D eigenvalue weighted by atomic mass is 10.1. The number of aromatic nitrogens is 2. The molecule has 1 fully saturated rings. The lowest BCUT2D eigenvalue weighted by molar-refractivity contribution is -0.131. The molecule has 4 nitrogen and oxygen atoms in total. The van der Waals surface area contributed by atoms with Crippen LogP contribution in [-0.4, -0.2) is 33.9 Å². The average molecular weight is 366 g/mol. The summed E-state index contributed by atoms with van der Waals surface area (Å²) in [6.45, 7) is 3.80. The van der Waals surface area contributed by atoms with Gasteiger partial charge in [0.15, 0.2) is 5.16 Å². The Hall–Kier alpha value is -2.27. The van der Waals surface area contributed by atoms with Gasteiger partial charge in [-0.1, -0.05) is 48.2 Å². The maximum atomic E-state index is 13.2. The summed E-state index contributed by atoms with van der Waals surface area (Å²) in [5.41, 5.74) is 4.19. The number of thioether (sulfide) groups is 1. The van der Waals surface area contributed by atoms with E-state index in [1.807, 2.05) is 41.3 Å². The van der Waals surface area contributed by atoms with Crippen molar-refractivity contribution in [3.05, 3.63) is 59.7 Å². The van der Waals surface area contributed by atoms with E-state index in [0.717, 1.165) is 47.7 Å². The molecule has 0 saturated carbocycles. The minimum atomic E-state index is -0.268. The zero-order valence-corrected chi connectivity index (χ0v) is 15.8. The molecule has 26 heavy (non-hydrogen) atoms. The van der Waals surface area contributed by atoms with Gasteiger partial charge in [-0.25, -0.2) is 4.98 Å². The number of hydrogen-bond acceptors (Lipinski definition) is 3. The van der Waals surface area contributed by atoms with Gasteiger partial charge in [-0.05, 0) is 49.4 Å². The topological polar surface area (TPSA) is 49.0 Å². The first kappa shape index (κ1) is 17.2. The van der Waals surface area contributed by atoms with Crippen LogP contribution < -0.4 is 0 Å². The second-order valence-electron chi connectivity index (χ2n) is 6.86. The molecular formula is C21H23N3OS. The summed E-state index contributed by atoms with van der Waals surface area (Å²) in [6, 6.07) is 16.2. The number of carbonyl (C=O) groups is 1. The first-order valence-corrected chi connectivity index (χ1v) is 10.1. The van der Waals surface area contributed by atoms with Crippen LogP contribution in [0, 0.1) is 6.92 Å². The summed E-state index contributed by atoms with van der Waals surface area (Å²) in [6.07, 6.45) is 3.42. The van der Waals surface area contributed by atoms with Crippen LogP contribution >= 0.6 is 11.8 Å². The van der Waals surface area contributed by atoms with Gasteiger partial charge in [0.05, 0.1) is 11.0 Å². The van der Waals surface area contributed by atoms with E-state index in [9.17, 15) is 4.79 Å².